The summed E-state index contributed by atoms with van der Waals surface area (Å²) in [5.41, 5.74) is 8.45. The van der Waals surface area contributed by atoms with Gasteiger partial charge in [-0.2, -0.15) is 0 Å². The fourth-order valence-corrected chi connectivity index (χ4v) is 1.94. The Bertz CT molecular complexity index is 537. The third-order valence-electron chi connectivity index (χ3n) is 2.62. The highest BCUT2D eigenvalue weighted by molar-refractivity contribution is 9.10. The highest BCUT2D eigenvalue weighted by Gasteiger charge is 2.11. The molecule has 0 saturated heterocycles. The van der Waals surface area contributed by atoms with Crippen LogP contribution in [0.1, 0.15) is 31.0 Å². The van der Waals surface area contributed by atoms with Crippen LogP contribution in [0.2, 0.25) is 0 Å². The quantitative estimate of drug-likeness (QED) is 0.947. The van der Waals surface area contributed by atoms with Gasteiger partial charge in [-0.25, -0.2) is 9.97 Å². The van der Waals surface area contributed by atoms with Crippen LogP contribution in [-0.2, 0) is 6.54 Å². The molecule has 2 N–H and O–H groups in total. The Morgan fingerprint density at radius 2 is 2.00 bits per heavy atom. The van der Waals surface area contributed by atoms with Gasteiger partial charge in [0.15, 0.2) is 5.82 Å². The van der Waals surface area contributed by atoms with E-state index in [0.717, 1.165) is 21.4 Å². The molecule has 0 radical (unpaired) electrons. The molecule has 0 aliphatic carbocycles. The molecule has 4 nitrogen and oxygen atoms in total. The van der Waals surface area contributed by atoms with Crippen LogP contribution in [0, 0.1) is 0 Å². The number of hydrogen-bond donors (Lipinski definition) is 1. The number of nitrogens with two attached hydrogens (primary N) is 1. The van der Waals surface area contributed by atoms with Crippen LogP contribution in [0.25, 0.3) is 11.5 Å². The van der Waals surface area contributed by atoms with E-state index in [1.807, 2.05) is 12.1 Å². The van der Waals surface area contributed by atoms with Crippen LogP contribution in [0.3, 0.4) is 0 Å². The topological polar surface area (TPSA) is 64.7 Å². The van der Waals surface area contributed by atoms with Crippen LogP contribution in [0.5, 0.6) is 0 Å². The van der Waals surface area contributed by atoms with Gasteiger partial charge in [0.2, 0.25) is 0 Å². The zero-order valence-electron chi connectivity index (χ0n) is 10.4. The van der Waals surface area contributed by atoms with Gasteiger partial charge in [-0.1, -0.05) is 13.8 Å². The summed E-state index contributed by atoms with van der Waals surface area (Å²) in [6.45, 7) is 4.65. The highest BCUT2D eigenvalue weighted by Crippen LogP contribution is 2.20. The number of hydrogen-bond acceptors (Lipinski definition) is 4. The molecule has 0 fully saturated rings. The molecule has 0 aliphatic heterocycles. The fraction of sp³-hybridized carbons (Fsp3) is 0.308. The second-order valence-corrected chi connectivity index (χ2v) is 5.24. The molecule has 0 spiro atoms. The lowest BCUT2D eigenvalue weighted by Gasteiger charge is -2.11. The number of rotatable bonds is 3. The molecular formula is C13H15BrN4. The van der Waals surface area contributed by atoms with Crippen molar-refractivity contribution in [1.82, 2.24) is 15.0 Å². The van der Waals surface area contributed by atoms with E-state index in [1.54, 1.807) is 12.4 Å². The van der Waals surface area contributed by atoms with Crippen molar-refractivity contribution in [2.45, 2.75) is 26.3 Å². The molecule has 18 heavy (non-hydrogen) atoms. The van der Waals surface area contributed by atoms with E-state index in [4.69, 9.17) is 5.73 Å². The Morgan fingerprint density at radius 3 is 2.56 bits per heavy atom. The van der Waals surface area contributed by atoms with E-state index in [-0.39, 0.29) is 0 Å². The summed E-state index contributed by atoms with van der Waals surface area (Å²) in [4.78, 5) is 13.2. The van der Waals surface area contributed by atoms with E-state index in [1.165, 1.54) is 0 Å². The van der Waals surface area contributed by atoms with Gasteiger partial charge in [-0.3, -0.25) is 4.98 Å². The summed E-state index contributed by atoms with van der Waals surface area (Å²) in [5.74, 6) is 0.962. The van der Waals surface area contributed by atoms with Crippen LogP contribution in [-0.4, -0.2) is 15.0 Å². The van der Waals surface area contributed by atoms with Gasteiger partial charge in [0, 0.05) is 29.0 Å². The van der Waals surface area contributed by atoms with E-state index in [0.29, 0.717) is 18.3 Å². The first-order valence-corrected chi connectivity index (χ1v) is 6.59. The first kappa shape index (κ1) is 13.1. The smallest absolute Gasteiger partial charge is 0.178 e. The van der Waals surface area contributed by atoms with Crippen LogP contribution >= 0.6 is 15.9 Å². The van der Waals surface area contributed by atoms with Crippen molar-refractivity contribution in [3.05, 3.63) is 40.3 Å². The highest BCUT2D eigenvalue weighted by atomic mass is 79.9. The summed E-state index contributed by atoms with van der Waals surface area (Å²) >= 11 is 3.36. The second-order valence-electron chi connectivity index (χ2n) is 4.32. The minimum atomic E-state index is 0.320. The summed E-state index contributed by atoms with van der Waals surface area (Å²) in [6.07, 6.45) is 3.53. The predicted molar refractivity (Wildman–Crippen MR) is 74.9 cm³/mol. The van der Waals surface area contributed by atoms with Gasteiger partial charge in [0.25, 0.3) is 0 Å². The molecule has 0 aromatic carbocycles. The number of nitrogens with zero attached hydrogens (tertiary/aromatic N) is 3. The molecular weight excluding hydrogens is 292 g/mol. The molecule has 2 aromatic heterocycles. The monoisotopic (exact) mass is 306 g/mol. The molecule has 2 aromatic rings. The van der Waals surface area contributed by atoms with E-state index >= 15 is 0 Å². The van der Waals surface area contributed by atoms with Crippen molar-refractivity contribution in [2.24, 2.45) is 5.73 Å². The van der Waals surface area contributed by atoms with E-state index < -0.39 is 0 Å². The van der Waals surface area contributed by atoms with Crippen LogP contribution in [0.15, 0.2) is 29.0 Å². The van der Waals surface area contributed by atoms with Crippen molar-refractivity contribution in [3.63, 3.8) is 0 Å². The van der Waals surface area contributed by atoms with Crippen molar-refractivity contribution in [2.75, 3.05) is 0 Å². The maximum atomic E-state index is 5.70. The molecule has 0 saturated carbocycles. The lowest BCUT2D eigenvalue weighted by Crippen LogP contribution is -2.08. The Hall–Kier alpha value is -1.33. The van der Waals surface area contributed by atoms with E-state index in [2.05, 4.69) is 44.7 Å². The minimum Gasteiger partial charge on any atom is -0.326 e. The third kappa shape index (κ3) is 2.73. The van der Waals surface area contributed by atoms with Crippen molar-refractivity contribution in [3.8, 4) is 11.5 Å². The Balaban J connectivity index is 2.46. The van der Waals surface area contributed by atoms with E-state index in [9.17, 15) is 0 Å². The molecule has 0 atom stereocenters. The Kier molecular flexibility index (Phi) is 4.04. The van der Waals surface area contributed by atoms with Crippen LogP contribution < -0.4 is 5.73 Å². The molecule has 2 rings (SSSR count). The first-order valence-electron chi connectivity index (χ1n) is 5.79. The minimum absolute atomic E-state index is 0.320. The zero-order chi connectivity index (χ0) is 13.1. The molecule has 94 valence electrons. The van der Waals surface area contributed by atoms with Gasteiger partial charge in [-0.15, -0.1) is 0 Å². The SMILES string of the molecule is CC(C)c1nc(-c2ccc(Br)cn2)ncc1CN. The van der Waals surface area contributed by atoms with Crippen LogP contribution in [0.4, 0.5) is 0 Å². The van der Waals surface area contributed by atoms with Gasteiger partial charge >= 0.3 is 0 Å². The molecule has 0 bridgehead atoms. The number of halogens is 1. The molecule has 5 heteroatoms. The summed E-state index contributed by atoms with van der Waals surface area (Å²) < 4.78 is 0.939. The average molecular weight is 307 g/mol. The normalized spacial score (nSPS) is 10.9. The summed E-state index contributed by atoms with van der Waals surface area (Å²) in [6, 6.07) is 3.82. The van der Waals surface area contributed by atoms with Gasteiger partial charge in [0.05, 0.1) is 5.69 Å². The average Bonchev–Trinajstić information content (AvgIpc) is 2.39. The number of aromatic nitrogens is 3. The van der Waals surface area contributed by atoms with Crippen molar-refractivity contribution < 1.29 is 0 Å². The lowest BCUT2D eigenvalue weighted by atomic mass is 10.1. The largest absolute Gasteiger partial charge is 0.326 e. The Labute approximate surface area is 115 Å². The second kappa shape index (κ2) is 5.54. The Morgan fingerprint density at radius 1 is 1.22 bits per heavy atom. The molecule has 2 heterocycles. The first-order chi connectivity index (χ1) is 8.61. The standard InChI is InChI=1S/C13H15BrN4/c1-8(2)12-9(5-15)6-17-13(18-12)11-4-3-10(14)7-16-11/h3-4,6-8H,5,15H2,1-2H3. The molecule has 0 amide bonds. The van der Waals surface area contributed by atoms with Crippen molar-refractivity contribution >= 4 is 15.9 Å². The van der Waals surface area contributed by atoms with Gasteiger partial charge in [-0.05, 0) is 34.0 Å². The molecule has 0 unspecified atom stereocenters. The zero-order valence-corrected chi connectivity index (χ0v) is 12.0. The maximum Gasteiger partial charge on any atom is 0.178 e. The fourth-order valence-electron chi connectivity index (χ4n) is 1.71. The summed E-state index contributed by atoms with van der Waals surface area (Å²) in [7, 11) is 0. The van der Waals surface area contributed by atoms with Gasteiger partial charge < -0.3 is 5.73 Å². The predicted octanol–water partition coefficient (Wildman–Crippen LogP) is 2.88. The van der Waals surface area contributed by atoms with Crippen molar-refractivity contribution in [1.29, 1.82) is 0 Å². The lowest BCUT2D eigenvalue weighted by molar-refractivity contribution is 0.786. The summed E-state index contributed by atoms with van der Waals surface area (Å²) in [5, 5.41) is 0. The third-order valence-corrected chi connectivity index (χ3v) is 3.09. The maximum absolute atomic E-state index is 5.70. The van der Waals surface area contributed by atoms with Gasteiger partial charge in [0.1, 0.15) is 5.69 Å². The number of pyridine rings is 1. The molecule has 0 aliphatic rings.